The fraction of sp³-hybridized carbons (Fsp3) is 0.425. The Bertz CT molecular complexity index is 2630. The van der Waals surface area contributed by atoms with Crippen molar-refractivity contribution in [2.45, 2.75) is 113 Å². The topological polar surface area (TPSA) is 223 Å². The highest BCUT2D eigenvalue weighted by Crippen LogP contribution is 2.40. The van der Waals surface area contributed by atoms with E-state index in [1.54, 1.807) is 6.92 Å². The number of rotatable bonds is 9. The molecule has 2 heterocycles. The fourth-order valence-electron chi connectivity index (χ4n) is 7.98. The van der Waals surface area contributed by atoms with E-state index in [1.165, 1.54) is 11.1 Å². The number of fused-ring (bicyclic) bond motifs is 4. The van der Waals surface area contributed by atoms with Crippen LogP contribution in [0.4, 0.5) is 21.0 Å². The first kappa shape index (κ1) is 32.9. The normalized spacial score (nSPS) is 17.4. The summed E-state index contributed by atoms with van der Waals surface area (Å²) in [7, 11) is -8.92. The number of urea groups is 2. The van der Waals surface area contributed by atoms with Gasteiger partial charge in [0.25, 0.3) is 20.0 Å². The minimum atomic E-state index is -4.65. The van der Waals surface area contributed by atoms with E-state index in [2.05, 4.69) is 22.8 Å². The summed E-state index contributed by atoms with van der Waals surface area (Å²) in [4.78, 5) is 36.8. The Hall–Kier alpha value is -5.13. The number of nitrogens with one attached hydrogen (secondary N) is 4. The van der Waals surface area contributed by atoms with Gasteiger partial charge in [-0.3, -0.25) is 0 Å². The number of ether oxygens (including phenoxy) is 1. The SMILES string of the molecule is CCOC(=O)c1coc(S(=O)(=O)NC(=O)Nc2c3c(cc4c2CCC4)CCC3)c1.[2H]C([2H])([2H])C(O)(c1coc(S(=O)(=O)NC(=O)Nc2c3c(cc4c2CCC4)CCC3)c1)C([2H])([2H])[2H]. The number of hydrogen-bond donors (Lipinski definition) is 5. The second-order valence-corrected chi connectivity index (χ2v) is 17.6. The van der Waals surface area contributed by atoms with Crippen LogP contribution in [0.3, 0.4) is 0 Å². The monoisotopic (exact) mass is 828 g/mol. The summed E-state index contributed by atoms with van der Waals surface area (Å²) in [6.45, 7) is -5.04. The molecule has 0 unspecified atom stereocenters. The van der Waals surface area contributed by atoms with Crippen molar-refractivity contribution in [3.05, 3.63) is 92.4 Å². The van der Waals surface area contributed by atoms with E-state index in [0.29, 0.717) is 18.0 Å². The summed E-state index contributed by atoms with van der Waals surface area (Å²) in [5, 5.41) is 14.5. The minimum absolute atomic E-state index is 0.0358. The molecular formula is C40H46N4O11S2. The zero-order valence-electron chi connectivity index (χ0n) is 37.0. The van der Waals surface area contributed by atoms with Crippen molar-refractivity contribution in [3.63, 3.8) is 0 Å². The lowest BCUT2D eigenvalue weighted by atomic mass is 9.99. The first-order chi connectivity index (χ1) is 29.5. The van der Waals surface area contributed by atoms with Crippen molar-refractivity contribution in [1.82, 2.24) is 9.44 Å². The van der Waals surface area contributed by atoms with Crippen LogP contribution in [-0.2, 0) is 81.8 Å². The van der Waals surface area contributed by atoms with Crippen LogP contribution in [0, 0.1) is 0 Å². The van der Waals surface area contributed by atoms with E-state index in [4.69, 9.17) is 21.8 Å². The largest absolute Gasteiger partial charge is 0.462 e. The van der Waals surface area contributed by atoms with Crippen molar-refractivity contribution in [2.75, 3.05) is 17.2 Å². The molecule has 0 radical (unpaired) electrons. The van der Waals surface area contributed by atoms with Crippen molar-refractivity contribution in [2.24, 2.45) is 0 Å². The quantitative estimate of drug-likeness (QED) is 0.124. The van der Waals surface area contributed by atoms with Crippen LogP contribution in [-0.4, -0.2) is 46.6 Å². The van der Waals surface area contributed by atoms with Crippen molar-refractivity contribution < 1.29 is 58.1 Å². The molecule has 0 spiro atoms. The smallest absolute Gasteiger partial charge is 0.341 e. The van der Waals surface area contributed by atoms with Gasteiger partial charge in [-0.1, -0.05) is 12.1 Å². The zero-order chi connectivity index (χ0) is 45.7. The summed E-state index contributed by atoms with van der Waals surface area (Å²) < 4.78 is 114. The maximum atomic E-state index is 12.7. The molecule has 0 fully saturated rings. The number of aliphatic hydroxyl groups is 1. The summed E-state index contributed by atoms with van der Waals surface area (Å²) in [6, 6.07) is 4.12. The van der Waals surface area contributed by atoms with Crippen LogP contribution < -0.4 is 20.1 Å². The molecule has 0 saturated heterocycles. The van der Waals surface area contributed by atoms with Crippen LogP contribution in [0.5, 0.6) is 0 Å². The van der Waals surface area contributed by atoms with E-state index in [9.17, 15) is 36.3 Å². The second kappa shape index (κ2) is 15.7. The highest BCUT2D eigenvalue weighted by molar-refractivity contribution is 7.90. The summed E-state index contributed by atoms with van der Waals surface area (Å²) in [5.41, 5.74) is 6.11. The van der Waals surface area contributed by atoms with Gasteiger partial charge in [-0.2, -0.15) is 16.8 Å². The lowest BCUT2D eigenvalue weighted by Gasteiger charge is -2.16. The summed E-state index contributed by atoms with van der Waals surface area (Å²) in [6.07, 6.45) is 12.5. The Balaban J connectivity index is 0.000000191. The maximum absolute atomic E-state index is 12.7. The van der Waals surface area contributed by atoms with E-state index in [0.717, 1.165) is 128 Å². The third-order valence-electron chi connectivity index (χ3n) is 10.5. The number of amides is 4. The summed E-state index contributed by atoms with van der Waals surface area (Å²) >= 11 is 0. The molecule has 8 rings (SSSR count). The average Bonchev–Trinajstić information content (AvgIpc) is 4.03. The Morgan fingerprint density at radius 1 is 0.684 bits per heavy atom. The number of carbonyl (C=O) groups excluding carboxylic acids is 3. The molecule has 15 nitrogen and oxygen atoms in total. The Labute approximate surface area is 339 Å². The molecule has 17 heteroatoms. The van der Waals surface area contributed by atoms with Crippen molar-refractivity contribution in [3.8, 4) is 0 Å². The second-order valence-electron chi connectivity index (χ2n) is 14.3. The van der Waals surface area contributed by atoms with Gasteiger partial charge in [-0.05, 0) is 142 Å². The Morgan fingerprint density at radius 3 is 1.53 bits per heavy atom. The van der Waals surface area contributed by atoms with Crippen molar-refractivity contribution >= 4 is 49.5 Å². The van der Waals surface area contributed by atoms with Crippen LogP contribution >= 0.6 is 0 Å². The van der Waals surface area contributed by atoms with Gasteiger partial charge in [0.05, 0.1) is 24.0 Å². The third-order valence-corrected chi connectivity index (χ3v) is 12.9. The lowest BCUT2D eigenvalue weighted by Crippen LogP contribution is -2.34. The van der Waals surface area contributed by atoms with Gasteiger partial charge in [-0.25, -0.2) is 23.8 Å². The number of sulfonamides is 2. The molecule has 4 aromatic rings. The molecule has 0 aliphatic heterocycles. The highest BCUT2D eigenvalue weighted by atomic mass is 32.2. The van der Waals surface area contributed by atoms with E-state index in [1.807, 2.05) is 9.44 Å². The molecule has 0 atom stereocenters. The average molecular weight is 829 g/mol. The molecule has 57 heavy (non-hydrogen) atoms. The van der Waals surface area contributed by atoms with Gasteiger partial charge in [0.15, 0.2) is 0 Å². The molecule has 304 valence electrons. The number of carbonyl (C=O) groups is 3. The molecule has 4 amide bonds. The third kappa shape index (κ3) is 8.46. The zero-order valence-corrected chi connectivity index (χ0v) is 32.6. The van der Waals surface area contributed by atoms with Gasteiger partial charge in [0.1, 0.15) is 6.26 Å². The fourth-order valence-corrected chi connectivity index (χ4v) is 9.69. The number of aryl methyl sites for hydroxylation is 4. The summed E-state index contributed by atoms with van der Waals surface area (Å²) in [5.74, 6) is -0.697. The van der Waals surface area contributed by atoms with Crippen LogP contribution in [0.25, 0.3) is 0 Å². The van der Waals surface area contributed by atoms with Crippen LogP contribution in [0.2, 0.25) is 0 Å². The molecule has 0 bridgehead atoms. The van der Waals surface area contributed by atoms with Gasteiger partial charge in [0, 0.05) is 37.3 Å². The van der Waals surface area contributed by atoms with E-state index in [-0.39, 0.29) is 12.2 Å². The first-order valence-corrected chi connectivity index (χ1v) is 21.6. The van der Waals surface area contributed by atoms with Gasteiger partial charge in [0.2, 0.25) is 10.2 Å². The molecule has 2 aromatic heterocycles. The molecular weight excluding hydrogens is 777 g/mol. The first-order valence-electron chi connectivity index (χ1n) is 21.6. The number of benzene rings is 2. The minimum Gasteiger partial charge on any atom is -0.462 e. The molecule has 2 aromatic carbocycles. The number of hydrogen-bond acceptors (Lipinski definition) is 11. The maximum Gasteiger partial charge on any atom is 0.341 e. The lowest BCUT2D eigenvalue weighted by molar-refractivity contribution is 0.0525. The number of anilines is 2. The van der Waals surface area contributed by atoms with Crippen LogP contribution in [0.15, 0.2) is 55.8 Å². The van der Waals surface area contributed by atoms with Gasteiger partial charge >= 0.3 is 18.0 Å². The predicted molar refractivity (Wildman–Crippen MR) is 208 cm³/mol. The highest BCUT2D eigenvalue weighted by Gasteiger charge is 2.30. The van der Waals surface area contributed by atoms with Crippen LogP contribution in [0.1, 0.15) is 115 Å². The molecule has 4 aliphatic rings. The predicted octanol–water partition coefficient (Wildman–Crippen LogP) is 5.94. The van der Waals surface area contributed by atoms with E-state index >= 15 is 0 Å². The molecule has 5 N–H and O–H groups in total. The molecule has 0 saturated carbocycles. The number of furan rings is 2. The van der Waals surface area contributed by atoms with E-state index < -0.39 is 73.1 Å². The van der Waals surface area contributed by atoms with Gasteiger partial charge in [-0.15, -0.1) is 0 Å². The molecule has 4 aliphatic carbocycles. The number of esters is 1. The van der Waals surface area contributed by atoms with Crippen molar-refractivity contribution in [1.29, 1.82) is 0 Å². The Kier molecular flexibility index (Phi) is 9.04. The standard InChI is InChI=1S/C20H22N2O6S.C20H24N2O5S/c1-2-27-19(23)14-10-17(28-11-14)29(25,26)22-20(24)21-18-15-7-3-5-12(15)9-13-6-4-8-16(13)18;1-20(2,24)14-10-17(27-11-14)28(25,26)22-19(23)21-18-15-7-3-5-12(15)9-13-6-4-8-16(13)18/h9-11H,2-8H2,1H3,(H2,21,22,24);9-11,24H,3-8H2,1-2H3,(H2,21,22,23)/i;1D3,2D3. The van der Waals surface area contributed by atoms with Gasteiger partial charge < -0.3 is 29.3 Å². The Morgan fingerprint density at radius 2 is 1.11 bits per heavy atom.